The van der Waals surface area contributed by atoms with E-state index in [4.69, 9.17) is 0 Å². The van der Waals surface area contributed by atoms with Gasteiger partial charge >= 0.3 is 0 Å². The van der Waals surface area contributed by atoms with Crippen molar-refractivity contribution in [2.24, 2.45) is 4.99 Å². The number of nitrogens with zero attached hydrogens (tertiary/aromatic N) is 1. The van der Waals surface area contributed by atoms with Crippen LogP contribution < -0.4 is 5.32 Å². The maximum atomic E-state index is 4.61. The molecule has 16 heavy (non-hydrogen) atoms. The number of rotatable bonds is 3. The minimum absolute atomic E-state index is 0.793. The second-order valence-corrected chi connectivity index (χ2v) is 3.39. The molecule has 0 aliphatic heterocycles. The third-order valence-corrected chi connectivity index (χ3v) is 2.21. The molecule has 0 aromatic heterocycles. The normalized spacial score (nSPS) is 9.25. The Labute approximate surface area is 99.7 Å². The van der Waals surface area contributed by atoms with Gasteiger partial charge in [-0.15, -0.1) is 0 Å². The van der Waals surface area contributed by atoms with Gasteiger partial charge in [-0.3, -0.25) is 0 Å². The van der Waals surface area contributed by atoms with Crippen molar-refractivity contribution < 1.29 is 0 Å². The van der Waals surface area contributed by atoms with E-state index in [0.717, 1.165) is 17.1 Å². The highest BCUT2D eigenvalue weighted by molar-refractivity contribution is 7.78. The Bertz CT molecular complexity index is 516. The molecule has 78 valence electrons. The summed E-state index contributed by atoms with van der Waals surface area (Å²) in [6.45, 7) is 0. The SMILES string of the molecule is S=C=Nc1ccccc1Nc1ccccc1. The molecule has 0 spiro atoms. The molecule has 2 rings (SSSR count). The van der Waals surface area contributed by atoms with E-state index in [1.807, 2.05) is 54.6 Å². The first-order valence-corrected chi connectivity index (χ1v) is 5.30. The van der Waals surface area contributed by atoms with E-state index in [2.05, 4.69) is 27.7 Å². The molecule has 2 aromatic carbocycles. The van der Waals surface area contributed by atoms with Crippen LogP contribution in [-0.2, 0) is 0 Å². The van der Waals surface area contributed by atoms with Gasteiger partial charge in [-0.1, -0.05) is 30.3 Å². The minimum atomic E-state index is 0.793. The van der Waals surface area contributed by atoms with Crippen molar-refractivity contribution in [3.8, 4) is 0 Å². The zero-order chi connectivity index (χ0) is 11.2. The Morgan fingerprint density at radius 3 is 2.38 bits per heavy atom. The zero-order valence-corrected chi connectivity index (χ0v) is 9.37. The quantitative estimate of drug-likeness (QED) is 0.627. The molecule has 0 saturated carbocycles. The molecule has 0 radical (unpaired) electrons. The topological polar surface area (TPSA) is 24.4 Å². The van der Waals surface area contributed by atoms with Crippen LogP contribution in [0, 0.1) is 0 Å². The fourth-order valence-corrected chi connectivity index (χ4v) is 1.50. The molecule has 0 aliphatic carbocycles. The van der Waals surface area contributed by atoms with E-state index in [0.29, 0.717) is 0 Å². The van der Waals surface area contributed by atoms with Gasteiger partial charge in [-0.2, -0.15) is 4.99 Å². The molecule has 2 aromatic rings. The number of hydrogen-bond acceptors (Lipinski definition) is 3. The highest BCUT2D eigenvalue weighted by Gasteiger charge is 1.99. The maximum absolute atomic E-state index is 4.61. The number of isothiocyanates is 1. The lowest BCUT2D eigenvalue weighted by Crippen LogP contribution is -1.89. The molecule has 1 N–H and O–H groups in total. The first kappa shape index (κ1) is 10.6. The van der Waals surface area contributed by atoms with Gasteiger partial charge in [0.05, 0.1) is 16.5 Å². The number of anilines is 2. The summed E-state index contributed by atoms with van der Waals surface area (Å²) in [5.41, 5.74) is 2.74. The molecule has 3 heteroatoms. The third-order valence-electron chi connectivity index (χ3n) is 2.12. The summed E-state index contributed by atoms with van der Waals surface area (Å²) < 4.78 is 0. The van der Waals surface area contributed by atoms with Gasteiger partial charge in [0.1, 0.15) is 0 Å². The number of nitrogens with one attached hydrogen (secondary N) is 1. The Hall–Kier alpha value is -1.96. The van der Waals surface area contributed by atoms with E-state index in [1.54, 1.807) is 0 Å². The Kier molecular flexibility index (Phi) is 3.44. The lowest BCUT2D eigenvalue weighted by Gasteiger charge is -2.07. The van der Waals surface area contributed by atoms with Crippen molar-refractivity contribution in [3.63, 3.8) is 0 Å². The Balaban J connectivity index is 2.31. The van der Waals surface area contributed by atoms with Crippen molar-refractivity contribution >= 4 is 34.4 Å². The molecule has 0 heterocycles. The van der Waals surface area contributed by atoms with Gasteiger partial charge < -0.3 is 5.32 Å². The van der Waals surface area contributed by atoms with Crippen molar-refractivity contribution in [3.05, 3.63) is 54.6 Å². The number of para-hydroxylation sites is 3. The lowest BCUT2D eigenvalue weighted by molar-refractivity contribution is 1.49. The van der Waals surface area contributed by atoms with Crippen LogP contribution in [0.4, 0.5) is 17.1 Å². The fourth-order valence-electron chi connectivity index (χ4n) is 1.40. The lowest BCUT2D eigenvalue weighted by atomic mass is 10.2. The number of thiocarbonyl (C=S) groups is 1. The average molecular weight is 226 g/mol. The van der Waals surface area contributed by atoms with Crippen molar-refractivity contribution in [1.82, 2.24) is 0 Å². The van der Waals surface area contributed by atoms with Crippen LogP contribution >= 0.6 is 12.2 Å². The van der Waals surface area contributed by atoms with E-state index >= 15 is 0 Å². The van der Waals surface area contributed by atoms with Crippen LogP contribution in [0.1, 0.15) is 0 Å². The standard InChI is InChI=1S/C13H10N2S/c16-10-14-12-8-4-5-9-13(12)15-11-6-2-1-3-7-11/h1-9,15H. The van der Waals surface area contributed by atoms with Gasteiger partial charge in [0.2, 0.25) is 0 Å². The Morgan fingerprint density at radius 1 is 0.938 bits per heavy atom. The van der Waals surface area contributed by atoms with Crippen molar-refractivity contribution in [1.29, 1.82) is 0 Å². The molecule has 0 bridgehead atoms. The summed E-state index contributed by atoms with van der Waals surface area (Å²) in [5, 5.41) is 5.66. The van der Waals surface area contributed by atoms with Crippen molar-refractivity contribution in [2.45, 2.75) is 0 Å². The predicted octanol–water partition coefficient (Wildman–Crippen LogP) is 4.16. The first-order chi connectivity index (χ1) is 7.90. The molecule has 0 saturated heterocycles. The molecule has 0 amide bonds. The monoisotopic (exact) mass is 226 g/mol. The van der Waals surface area contributed by atoms with Crippen LogP contribution in [0.25, 0.3) is 0 Å². The summed E-state index contributed by atoms with van der Waals surface area (Å²) in [6.07, 6.45) is 0. The first-order valence-electron chi connectivity index (χ1n) is 4.89. The van der Waals surface area contributed by atoms with E-state index in [9.17, 15) is 0 Å². The molecule has 0 unspecified atom stereocenters. The van der Waals surface area contributed by atoms with Crippen LogP contribution in [0.3, 0.4) is 0 Å². The van der Waals surface area contributed by atoms with Gasteiger partial charge in [-0.05, 0) is 36.5 Å². The fraction of sp³-hybridized carbons (Fsp3) is 0. The average Bonchev–Trinajstić information content (AvgIpc) is 2.33. The van der Waals surface area contributed by atoms with Gasteiger partial charge in [0.15, 0.2) is 0 Å². The summed E-state index contributed by atoms with van der Waals surface area (Å²) in [5.74, 6) is 0. The molecule has 0 aliphatic rings. The summed E-state index contributed by atoms with van der Waals surface area (Å²) in [7, 11) is 0. The van der Waals surface area contributed by atoms with Crippen LogP contribution in [-0.4, -0.2) is 5.16 Å². The highest BCUT2D eigenvalue weighted by Crippen LogP contribution is 2.26. The van der Waals surface area contributed by atoms with Crippen LogP contribution in [0.15, 0.2) is 59.6 Å². The summed E-state index contributed by atoms with van der Waals surface area (Å²) >= 11 is 4.61. The van der Waals surface area contributed by atoms with Gasteiger partial charge in [0, 0.05) is 5.69 Å². The summed E-state index contributed by atoms with van der Waals surface area (Å²) in [6, 6.07) is 17.7. The minimum Gasteiger partial charge on any atom is -0.354 e. The Morgan fingerprint density at radius 2 is 1.62 bits per heavy atom. The van der Waals surface area contributed by atoms with Crippen LogP contribution in [0.5, 0.6) is 0 Å². The highest BCUT2D eigenvalue weighted by atomic mass is 32.1. The van der Waals surface area contributed by atoms with E-state index in [-0.39, 0.29) is 0 Å². The zero-order valence-electron chi connectivity index (χ0n) is 8.55. The van der Waals surface area contributed by atoms with E-state index in [1.165, 1.54) is 0 Å². The second-order valence-electron chi connectivity index (χ2n) is 3.21. The number of hydrogen-bond donors (Lipinski definition) is 1. The van der Waals surface area contributed by atoms with E-state index < -0.39 is 0 Å². The molecular formula is C13H10N2S. The van der Waals surface area contributed by atoms with Crippen LogP contribution in [0.2, 0.25) is 0 Å². The van der Waals surface area contributed by atoms with Gasteiger partial charge in [0.25, 0.3) is 0 Å². The number of benzene rings is 2. The third kappa shape index (κ3) is 2.54. The largest absolute Gasteiger partial charge is 0.354 e. The predicted molar refractivity (Wildman–Crippen MR) is 70.9 cm³/mol. The maximum Gasteiger partial charge on any atom is 0.0974 e. The van der Waals surface area contributed by atoms with Crippen molar-refractivity contribution in [2.75, 3.05) is 5.32 Å². The molecule has 2 nitrogen and oxygen atoms in total. The second kappa shape index (κ2) is 5.21. The molecular weight excluding hydrogens is 216 g/mol. The smallest absolute Gasteiger partial charge is 0.0974 e. The summed E-state index contributed by atoms with van der Waals surface area (Å²) in [4.78, 5) is 4.01. The molecule has 0 fully saturated rings. The number of aliphatic imine (C=N–C) groups is 1. The molecule has 0 atom stereocenters. The van der Waals surface area contributed by atoms with Gasteiger partial charge in [-0.25, -0.2) is 0 Å².